The van der Waals surface area contributed by atoms with Crippen molar-refractivity contribution in [2.45, 2.75) is 10.8 Å². The predicted molar refractivity (Wildman–Crippen MR) is 106 cm³/mol. The molecule has 6 nitrogen and oxygen atoms in total. The molecule has 0 N–H and O–H groups in total. The Morgan fingerprint density at radius 1 is 1.19 bits per heavy atom. The van der Waals surface area contributed by atoms with Gasteiger partial charge in [-0.05, 0) is 29.3 Å². The molecule has 1 saturated heterocycles. The summed E-state index contributed by atoms with van der Waals surface area (Å²) in [4.78, 5) is 19.4. The van der Waals surface area contributed by atoms with E-state index >= 15 is 0 Å². The van der Waals surface area contributed by atoms with Crippen LogP contribution in [0.1, 0.15) is 5.56 Å². The van der Waals surface area contributed by atoms with E-state index in [4.69, 9.17) is 11.6 Å². The normalized spacial score (nSPS) is 15.4. The van der Waals surface area contributed by atoms with Crippen molar-refractivity contribution in [1.29, 1.82) is 0 Å². The average molecular weight is 424 g/mol. The smallest absolute Gasteiger partial charge is 0.225 e. The third kappa shape index (κ3) is 4.26. The fraction of sp³-hybridized carbons (Fsp3) is 0.294. The minimum atomic E-state index is -0.790. The van der Waals surface area contributed by atoms with Crippen molar-refractivity contribution in [2.75, 3.05) is 29.5 Å². The van der Waals surface area contributed by atoms with Crippen molar-refractivity contribution >= 4 is 51.4 Å². The topological polar surface area (TPSA) is 77.9 Å². The molecule has 0 unspecified atom stereocenters. The number of anilines is 1. The predicted octanol–water partition coefficient (Wildman–Crippen LogP) is 3.07. The first-order valence-corrected chi connectivity index (χ1v) is 11.1. The van der Waals surface area contributed by atoms with Gasteiger partial charge in [-0.25, -0.2) is 19.3 Å². The summed E-state index contributed by atoms with van der Waals surface area (Å²) in [6, 6.07) is 6.46. The molecule has 2 aromatic heterocycles. The Morgan fingerprint density at radius 3 is 2.78 bits per heavy atom. The number of nitrogens with zero attached hydrogens (tertiary/aromatic N) is 5. The van der Waals surface area contributed by atoms with Gasteiger partial charge in [0.2, 0.25) is 5.28 Å². The molecule has 0 atom stereocenters. The first-order chi connectivity index (χ1) is 13.1. The molecule has 1 fully saturated rings. The van der Waals surface area contributed by atoms with Crippen LogP contribution in [0.25, 0.3) is 11.0 Å². The van der Waals surface area contributed by atoms with Crippen molar-refractivity contribution in [1.82, 2.24) is 19.9 Å². The summed E-state index contributed by atoms with van der Waals surface area (Å²) in [5, 5.41) is 0.780. The second kappa shape index (κ2) is 8.14. The summed E-state index contributed by atoms with van der Waals surface area (Å²) in [5.74, 6) is 2.10. The van der Waals surface area contributed by atoms with E-state index in [2.05, 4.69) is 19.9 Å². The summed E-state index contributed by atoms with van der Waals surface area (Å²) in [5.41, 5.74) is 2.04. The second-order valence-corrected chi connectivity index (χ2v) is 8.94. The third-order valence-corrected chi connectivity index (χ3v) is 6.64. The van der Waals surface area contributed by atoms with Crippen LogP contribution in [-0.2, 0) is 16.9 Å². The van der Waals surface area contributed by atoms with E-state index in [1.165, 1.54) is 30.2 Å². The van der Waals surface area contributed by atoms with Crippen LogP contribution < -0.4 is 4.90 Å². The third-order valence-electron chi connectivity index (χ3n) is 4.14. The molecule has 0 bridgehead atoms. The lowest BCUT2D eigenvalue weighted by molar-refractivity contribution is 0.585. The van der Waals surface area contributed by atoms with Crippen LogP contribution in [0.5, 0.6) is 0 Å². The van der Waals surface area contributed by atoms with Crippen LogP contribution in [0, 0.1) is 5.82 Å². The van der Waals surface area contributed by atoms with Crippen LogP contribution in [-0.4, -0.2) is 49.1 Å². The van der Waals surface area contributed by atoms with Gasteiger partial charge in [0.1, 0.15) is 39.7 Å². The highest BCUT2D eigenvalue weighted by atomic mass is 35.5. The maximum Gasteiger partial charge on any atom is 0.225 e. The van der Waals surface area contributed by atoms with Gasteiger partial charge < -0.3 is 9.45 Å². The maximum atomic E-state index is 13.4. The first-order valence-electron chi connectivity index (χ1n) is 8.25. The minimum absolute atomic E-state index is 0.117. The molecule has 0 spiro atoms. The molecule has 1 aliphatic heterocycles. The van der Waals surface area contributed by atoms with Crippen LogP contribution >= 0.6 is 23.4 Å². The average Bonchev–Trinajstić information content (AvgIpc) is 2.66. The lowest BCUT2D eigenvalue weighted by Gasteiger charge is -2.29. The lowest BCUT2D eigenvalue weighted by atomic mass is 10.2. The quantitative estimate of drug-likeness (QED) is 0.276. The Bertz CT molecular complexity index is 971. The summed E-state index contributed by atoms with van der Waals surface area (Å²) in [6.07, 6.45) is 1.47. The summed E-state index contributed by atoms with van der Waals surface area (Å²) in [7, 11) is 0. The van der Waals surface area contributed by atoms with Gasteiger partial charge in [-0.3, -0.25) is 0 Å². The van der Waals surface area contributed by atoms with Gasteiger partial charge in [0.25, 0.3) is 0 Å². The van der Waals surface area contributed by atoms with Gasteiger partial charge in [0.15, 0.2) is 5.82 Å². The molecule has 0 radical (unpaired) electrons. The summed E-state index contributed by atoms with van der Waals surface area (Å²) in [6.45, 7) is 1.26. The molecule has 1 aromatic carbocycles. The molecule has 3 aromatic rings. The molecule has 10 heteroatoms. The summed E-state index contributed by atoms with van der Waals surface area (Å²) >= 11 is 6.81. The Kier molecular flexibility index (Phi) is 5.63. The van der Waals surface area contributed by atoms with E-state index in [0.29, 0.717) is 52.2 Å². The van der Waals surface area contributed by atoms with Crippen LogP contribution in [0.4, 0.5) is 10.2 Å². The zero-order valence-electron chi connectivity index (χ0n) is 14.1. The highest BCUT2D eigenvalue weighted by Gasteiger charge is 2.24. The summed E-state index contributed by atoms with van der Waals surface area (Å²) < 4.78 is 25.0. The molecule has 0 saturated carbocycles. The standard InChI is InChI=1S/C17H15ClFN5OS2/c18-17-22-14-13(15(23-17)24-4-6-27(25)7-5-24)20-10-21-16(14)26-9-11-2-1-3-12(19)8-11/h1-3,8,10H,4-7,9H2. The van der Waals surface area contributed by atoms with Crippen LogP contribution in [0.2, 0.25) is 5.28 Å². The van der Waals surface area contributed by atoms with E-state index in [1.54, 1.807) is 6.07 Å². The van der Waals surface area contributed by atoms with Crippen molar-refractivity contribution in [2.24, 2.45) is 0 Å². The second-order valence-electron chi connectivity index (χ2n) is 5.95. The molecule has 0 amide bonds. The van der Waals surface area contributed by atoms with Crippen molar-refractivity contribution in [3.8, 4) is 0 Å². The molecule has 4 rings (SSSR count). The molecular formula is C17H15ClFN5OS2. The lowest BCUT2D eigenvalue weighted by Crippen LogP contribution is -2.41. The molecule has 27 heavy (non-hydrogen) atoms. The van der Waals surface area contributed by atoms with Gasteiger partial charge >= 0.3 is 0 Å². The fourth-order valence-electron chi connectivity index (χ4n) is 2.84. The van der Waals surface area contributed by atoms with E-state index in [9.17, 15) is 8.94 Å². The van der Waals surface area contributed by atoms with Crippen molar-refractivity contribution in [3.05, 3.63) is 47.3 Å². The van der Waals surface area contributed by atoms with E-state index in [1.807, 2.05) is 11.0 Å². The zero-order chi connectivity index (χ0) is 18.8. The first kappa shape index (κ1) is 18.7. The molecule has 140 valence electrons. The van der Waals surface area contributed by atoms with E-state index in [0.717, 1.165) is 5.56 Å². The number of benzene rings is 1. The number of fused-ring (bicyclic) bond motifs is 1. The Balaban J connectivity index is 1.66. The van der Waals surface area contributed by atoms with Gasteiger partial charge in [-0.2, -0.15) is 4.98 Å². The van der Waals surface area contributed by atoms with Gasteiger partial charge in [-0.1, -0.05) is 35.1 Å². The number of aromatic nitrogens is 4. The number of hydrogen-bond donors (Lipinski definition) is 0. The van der Waals surface area contributed by atoms with Crippen molar-refractivity contribution in [3.63, 3.8) is 0 Å². The number of rotatable bonds is 4. The maximum absolute atomic E-state index is 13.4. The molecule has 0 aliphatic carbocycles. The van der Waals surface area contributed by atoms with E-state index in [-0.39, 0.29) is 11.1 Å². The SMILES string of the molecule is [O-][S+]1CCN(c2nc(Cl)nc3c(SCc4cccc(F)c4)ncnc23)CC1. The Morgan fingerprint density at radius 2 is 2.00 bits per heavy atom. The van der Waals surface area contributed by atoms with Gasteiger partial charge in [0, 0.05) is 5.75 Å². The van der Waals surface area contributed by atoms with E-state index < -0.39 is 11.2 Å². The Labute approximate surface area is 167 Å². The van der Waals surface area contributed by atoms with Gasteiger partial charge in [-0.15, -0.1) is 0 Å². The molecule has 1 aliphatic rings. The minimum Gasteiger partial charge on any atom is -0.616 e. The number of hydrogen-bond acceptors (Lipinski definition) is 7. The monoisotopic (exact) mass is 423 g/mol. The van der Waals surface area contributed by atoms with Crippen LogP contribution in [0.3, 0.4) is 0 Å². The number of thioether (sulfide) groups is 1. The van der Waals surface area contributed by atoms with Crippen LogP contribution in [0.15, 0.2) is 35.6 Å². The van der Waals surface area contributed by atoms with Crippen molar-refractivity contribution < 1.29 is 8.94 Å². The zero-order valence-corrected chi connectivity index (χ0v) is 16.5. The molecule has 3 heterocycles. The molecular weight excluding hydrogens is 409 g/mol. The largest absolute Gasteiger partial charge is 0.616 e. The fourth-order valence-corrected chi connectivity index (χ4v) is 4.94. The van der Waals surface area contributed by atoms with Gasteiger partial charge in [0.05, 0.1) is 13.1 Å². The highest BCUT2D eigenvalue weighted by molar-refractivity contribution is 7.98. The highest BCUT2D eigenvalue weighted by Crippen LogP contribution is 2.31. The Hall–Kier alpha value is -1.68. The number of halogens is 2.